The fourth-order valence-electron chi connectivity index (χ4n) is 3.32. The van der Waals surface area contributed by atoms with Gasteiger partial charge in [-0.15, -0.1) is 15.7 Å². The van der Waals surface area contributed by atoms with Crippen LogP contribution in [0.15, 0.2) is 40.8 Å². The van der Waals surface area contributed by atoms with Crippen molar-refractivity contribution in [3.05, 3.63) is 46.3 Å². The van der Waals surface area contributed by atoms with E-state index in [1.807, 2.05) is 0 Å². The van der Waals surface area contributed by atoms with Gasteiger partial charge in [0.25, 0.3) is 10.0 Å². The highest BCUT2D eigenvalue weighted by atomic mass is 35.5. The Balaban J connectivity index is 1.68. The first kappa shape index (κ1) is 24.0. The van der Waals surface area contributed by atoms with Gasteiger partial charge in [0, 0.05) is 31.9 Å². The van der Waals surface area contributed by atoms with Crippen LogP contribution in [0.2, 0.25) is 4.34 Å². The number of urea groups is 1. The SMILES string of the molecule is CN(C)/C(=N/S(C)(=O)=O)c1ccc(NC(=O)[C@H]2CCCN2C(=O)Nc2ccc(Cl)s2)cc1. The van der Waals surface area contributed by atoms with Gasteiger partial charge in [-0.25, -0.2) is 13.2 Å². The fraction of sp³-hybridized carbons (Fsp3) is 0.350. The Morgan fingerprint density at radius 1 is 1.16 bits per heavy atom. The second kappa shape index (κ2) is 9.88. The number of rotatable bonds is 5. The van der Waals surface area contributed by atoms with Gasteiger partial charge in [0.2, 0.25) is 5.91 Å². The minimum atomic E-state index is -3.57. The predicted molar refractivity (Wildman–Crippen MR) is 128 cm³/mol. The summed E-state index contributed by atoms with van der Waals surface area (Å²) >= 11 is 7.15. The van der Waals surface area contributed by atoms with E-state index in [-0.39, 0.29) is 17.8 Å². The first-order valence-electron chi connectivity index (χ1n) is 9.75. The highest BCUT2D eigenvalue weighted by molar-refractivity contribution is 7.89. The Morgan fingerprint density at radius 3 is 2.41 bits per heavy atom. The second-order valence-electron chi connectivity index (χ2n) is 7.49. The Labute approximate surface area is 196 Å². The summed E-state index contributed by atoms with van der Waals surface area (Å²) in [5, 5.41) is 6.23. The van der Waals surface area contributed by atoms with E-state index in [4.69, 9.17) is 11.6 Å². The third-order valence-electron chi connectivity index (χ3n) is 4.71. The van der Waals surface area contributed by atoms with Crippen molar-refractivity contribution in [3.8, 4) is 0 Å². The molecule has 32 heavy (non-hydrogen) atoms. The number of sulfonamides is 1. The number of hydrogen-bond donors (Lipinski definition) is 2. The minimum absolute atomic E-state index is 0.285. The van der Waals surface area contributed by atoms with Gasteiger partial charge in [0.15, 0.2) is 0 Å². The molecule has 12 heteroatoms. The summed E-state index contributed by atoms with van der Waals surface area (Å²) in [6.07, 6.45) is 2.32. The molecule has 2 heterocycles. The molecule has 1 aliphatic rings. The molecule has 172 valence electrons. The van der Waals surface area contributed by atoms with E-state index in [9.17, 15) is 18.0 Å². The number of anilines is 2. The van der Waals surface area contributed by atoms with Gasteiger partial charge in [-0.3, -0.25) is 10.1 Å². The number of carbonyl (C=O) groups is 2. The lowest BCUT2D eigenvalue weighted by Crippen LogP contribution is -2.45. The van der Waals surface area contributed by atoms with Crippen molar-refractivity contribution in [2.24, 2.45) is 4.40 Å². The van der Waals surface area contributed by atoms with E-state index < -0.39 is 16.1 Å². The lowest BCUT2D eigenvalue weighted by Gasteiger charge is -2.24. The standard InChI is InChI=1S/C20H24ClN5O4S2/c1-25(2)18(24-32(3,29)30)13-6-8-14(9-7-13)22-19(27)15-5-4-12-26(15)20(28)23-17-11-10-16(21)31-17/h6-11,15H,4-5,12H2,1-3H3,(H,22,27)(H,23,28)/b24-18+/t15-/m1/s1. The predicted octanol–water partition coefficient (Wildman–Crippen LogP) is 3.30. The van der Waals surface area contributed by atoms with Crippen LogP contribution in [0.5, 0.6) is 0 Å². The molecule has 0 spiro atoms. The summed E-state index contributed by atoms with van der Waals surface area (Å²) in [6, 6.07) is 9.18. The molecule has 0 radical (unpaired) electrons. The Bertz CT molecular complexity index is 1130. The summed E-state index contributed by atoms with van der Waals surface area (Å²) < 4.78 is 27.5. The molecule has 2 N–H and O–H groups in total. The molecule has 0 saturated carbocycles. The Morgan fingerprint density at radius 2 is 1.84 bits per heavy atom. The molecule has 2 aromatic rings. The average Bonchev–Trinajstić information content (AvgIpc) is 3.35. The van der Waals surface area contributed by atoms with Gasteiger partial charge in [-0.1, -0.05) is 11.6 Å². The van der Waals surface area contributed by atoms with Crippen molar-refractivity contribution in [2.45, 2.75) is 18.9 Å². The van der Waals surface area contributed by atoms with E-state index >= 15 is 0 Å². The molecule has 1 fully saturated rings. The minimum Gasteiger partial charge on any atom is -0.362 e. The third-order valence-corrected chi connectivity index (χ3v) is 6.36. The zero-order valence-electron chi connectivity index (χ0n) is 17.8. The number of hydrogen-bond acceptors (Lipinski definition) is 5. The zero-order chi connectivity index (χ0) is 23.5. The number of likely N-dealkylation sites (tertiary alicyclic amines) is 1. The number of thiophene rings is 1. The molecule has 0 aliphatic carbocycles. The maximum atomic E-state index is 12.8. The number of benzene rings is 1. The molecule has 3 rings (SSSR count). The highest BCUT2D eigenvalue weighted by Crippen LogP contribution is 2.27. The van der Waals surface area contributed by atoms with E-state index in [1.165, 1.54) is 16.2 Å². The Kier molecular flexibility index (Phi) is 7.42. The number of amides is 3. The summed E-state index contributed by atoms with van der Waals surface area (Å²) in [6.45, 7) is 0.482. The van der Waals surface area contributed by atoms with Crippen molar-refractivity contribution in [2.75, 3.05) is 37.5 Å². The average molecular weight is 498 g/mol. The maximum Gasteiger partial charge on any atom is 0.323 e. The topological polar surface area (TPSA) is 111 Å². The molecule has 1 atom stereocenters. The third kappa shape index (κ3) is 6.21. The van der Waals surface area contributed by atoms with Crippen molar-refractivity contribution in [1.82, 2.24) is 9.80 Å². The summed E-state index contributed by atoms with van der Waals surface area (Å²) in [4.78, 5) is 28.6. The van der Waals surface area contributed by atoms with Gasteiger partial charge in [-0.2, -0.15) is 0 Å². The molecule has 1 aromatic carbocycles. The highest BCUT2D eigenvalue weighted by Gasteiger charge is 2.34. The van der Waals surface area contributed by atoms with Gasteiger partial charge in [0.1, 0.15) is 11.9 Å². The number of nitrogens with zero attached hydrogens (tertiary/aromatic N) is 3. The van der Waals surface area contributed by atoms with E-state index in [1.54, 1.807) is 55.4 Å². The lowest BCUT2D eigenvalue weighted by atomic mass is 10.1. The maximum absolute atomic E-state index is 12.8. The van der Waals surface area contributed by atoms with E-state index in [2.05, 4.69) is 15.0 Å². The fourth-order valence-corrected chi connectivity index (χ4v) is 4.83. The molecule has 1 aliphatic heterocycles. The number of amidine groups is 1. The molecule has 3 amide bonds. The van der Waals surface area contributed by atoms with Gasteiger partial charge in [-0.05, 0) is 49.2 Å². The summed E-state index contributed by atoms with van der Waals surface area (Å²) in [5.74, 6) is 0.00458. The van der Waals surface area contributed by atoms with Crippen LogP contribution in [0.25, 0.3) is 0 Å². The van der Waals surface area contributed by atoms with Crippen LogP contribution in [0, 0.1) is 0 Å². The van der Waals surface area contributed by atoms with Crippen molar-refractivity contribution >= 4 is 61.4 Å². The van der Waals surface area contributed by atoms with E-state index in [0.29, 0.717) is 33.6 Å². The monoisotopic (exact) mass is 497 g/mol. The molecule has 1 aromatic heterocycles. The van der Waals surface area contributed by atoms with Crippen molar-refractivity contribution < 1.29 is 18.0 Å². The van der Waals surface area contributed by atoms with Gasteiger partial charge >= 0.3 is 6.03 Å². The largest absolute Gasteiger partial charge is 0.362 e. The van der Waals surface area contributed by atoms with Crippen LogP contribution in [0.3, 0.4) is 0 Å². The molecule has 0 bridgehead atoms. The number of carbonyl (C=O) groups excluding carboxylic acids is 2. The smallest absolute Gasteiger partial charge is 0.323 e. The molecular formula is C20H24ClN5O4S2. The van der Waals surface area contributed by atoms with Crippen molar-refractivity contribution in [3.63, 3.8) is 0 Å². The van der Waals surface area contributed by atoms with Gasteiger partial charge < -0.3 is 15.1 Å². The second-order valence-corrected chi connectivity index (χ2v) is 10.9. The van der Waals surface area contributed by atoms with E-state index in [0.717, 1.165) is 12.7 Å². The van der Waals surface area contributed by atoms with Gasteiger partial charge in [0.05, 0.1) is 15.6 Å². The lowest BCUT2D eigenvalue weighted by molar-refractivity contribution is -0.119. The van der Waals surface area contributed by atoms with Crippen molar-refractivity contribution in [1.29, 1.82) is 0 Å². The van der Waals surface area contributed by atoms with Crippen LogP contribution >= 0.6 is 22.9 Å². The van der Waals surface area contributed by atoms with Crippen LogP contribution < -0.4 is 10.6 Å². The number of nitrogens with one attached hydrogen (secondary N) is 2. The van der Waals surface area contributed by atoms with Crippen LogP contribution in [-0.2, 0) is 14.8 Å². The Hall–Kier alpha value is -2.63. The van der Waals surface area contributed by atoms with Crippen LogP contribution in [-0.4, -0.2) is 68.9 Å². The van der Waals surface area contributed by atoms with Crippen LogP contribution in [0.4, 0.5) is 15.5 Å². The summed E-state index contributed by atoms with van der Waals surface area (Å²) in [5.41, 5.74) is 1.13. The molecule has 9 nitrogen and oxygen atoms in total. The molecule has 1 saturated heterocycles. The first-order chi connectivity index (χ1) is 15.0. The zero-order valence-corrected chi connectivity index (χ0v) is 20.2. The normalized spacial score (nSPS) is 16.7. The quantitative estimate of drug-likeness (QED) is 0.486. The summed E-state index contributed by atoms with van der Waals surface area (Å²) in [7, 11) is -0.170. The number of halogens is 1. The first-order valence-corrected chi connectivity index (χ1v) is 12.8. The van der Waals surface area contributed by atoms with Crippen LogP contribution in [0.1, 0.15) is 18.4 Å². The molecular weight excluding hydrogens is 474 g/mol. The molecule has 0 unspecified atom stereocenters.